The minimum Gasteiger partial charge on any atom is -0.417 e. The van der Waals surface area contributed by atoms with Crippen LogP contribution in [0.25, 0.3) is 11.1 Å². The molecule has 1 fully saturated rings. The summed E-state index contributed by atoms with van der Waals surface area (Å²) in [5.41, 5.74) is 2.97. The number of nitrogens with one attached hydrogen (secondary N) is 2. The van der Waals surface area contributed by atoms with E-state index in [1.54, 1.807) is 41.3 Å². The maximum absolute atomic E-state index is 13.7. The maximum Gasteiger partial charge on any atom is 0.437 e. The van der Waals surface area contributed by atoms with Crippen molar-refractivity contribution in [2.45, 2.75) is 45.7 Å². The number of piperidine rings is 1. The lowest BCUT2D eigenvalue weighted by atomic mass is 10.0. The predicted molar refractivity (Wildman–Crippen MR) is 160 cm³/mol. The van der Waals surface area contributed by atoms with Gasteiger partial charge in [0.1, 0.15) is 0 Å². The van der Waals surface area contributed by atoms with Gasteiger partial charge in [-0.2, -0.15) is 18.2 Å². The second-order valence-corrected chi connectivity index (χ2v) is 10.8. The molecule has 1 aliphatic rings. The number of rotatable bonds is 8. The zero-order valence-electron chi connectivity index (χ0n) is 24.0. The number of oxazole rings is 1. The van der Waals surface area contributed by atoms with Gasteiger partial charge in [0.25, 0.3) is 17.8 Å². The number of carbonyl (C=O) groups excluding carboxylic acids is 2. The van der Waals surface area contributed by atoms with E-state index in [4.69, 9.17) is 4.42 Å². The van der Waals surface area contributed by atoms with Crippen LogP contribution in [-0.4, -0.2) is 29.9 Å². The van der Waals surface area contributed by atoms with Crippen molar-refractivity contribution >= 4 is 29.2 Å². The summed E-state index contributed by atoms with van der Waals surface area (Å²) in [4.78, 5) is 31.0. The quantitative estimate of drug-likeness (QED) is 0.217. The summed E-state index contributed by atoms with van der Waals surface area (Å²) in [7, 11) is 0. The van der Waals surface area contributed by atoms with Crippen molar-refractivity contribution < 1.29 is 27.2 Å². The molecular formula is C33H33F3N4O3. The number of carbonyl (C=O) groups is 2. The summed E-state index contributed by atoms with van der Waals surface area (Å²) >= 11 is 0. The highest BCUT2D eigenvalue weighted by Crippen LogP contribution is 2.35. The van der Waals surface area contributed by atoms with Crippen molar-refractivity contribution in [2.24, 2.45) is 5.92 Å². The highest BCUT2D eigenvalue weighted by Gasteiger charge is 2.42. The lowest BCUT2D eigenvalue weighted by Crippen LogP contribution is -2.34. The highest BCUT2D eigenvalue weighted by atomic mass is 19.4. The zero-order valence-corrected chi connectivity index (χ0v) is 24.0. The predicted octanol–water partition coefficient (Wildman–Crippen LogP) is 8.05. The van der Waals surface area contributed by atoms with Gasteiger partial charge in [0, 0.05) is 30.0 Å². The van der Waals surface area contributed by atoms with E-state index in [2.05, 4.69) is 22.5 Å². The smallest absolute Gasteiger partial charge is 0.417 e. The summed E-state index contributed by atoms with van der Waals surface area (Å²) in [6.07, 6.45) is -1.23. The molecule has 1 saturated heterocycles. The molecule has 1 unspecified atom stereocenters. The Balaban J connectivity index is 1.26. The number of aromatic nitrogens is 1. The summed E-state index contributed by atoms with van der Waals surface area (Å²) < 4.78 is 46.6. The van der Waals surface area contributed by atoms with E-state index in [0.717, 1.165) is 48.1 Å². The van der Waals surface area contributed by atoms with Crippen LogP contribution in [0.3, 0.4) is 0 Å². The largest absolute Gasteiger partial charge is 0.437 e. The van der Waals surface area contributed by atoms with Crippen molar-refractivity contribution in [1.29, 1.82) is 0 Å². The number of hydrogen-bond acceptors (Lipinski definition) is 5. The maximum atomic E-state index is 13.7. The van der Waals surface area contributed by atoms with Gasteiger partial charge in [0.15, 0.2) is 5.69 Å². The average molecular weight is 591 g/mol. The molecule has 43 heavy (non-hydrogen) atoms. The molecule has 0 radical (unpaired) electrons. The van der Waals surface area contributed by atoms with E-state index in [1.807, 2.05) is 43.3 Å². The summed E-state index contributed by atoms with van der Waals surface area (Å²) in [6, 6.07) is 21.3. The van der Waals surface area contributed by atoms with Gasteiger partial charge >= 0.3 is 6.18 Å². The number of halogens is 3. The van der Waals surface area contributed by atoms with E-state index < -0.39 is 23.5 Å². The van der Waals surface area contributed by atoms with Gasteiger partial charge in [-0.1, -0.05) is 62.7 Å². The number of anilines is 3. The second-order valence-electron chi connectivity index (χ2n) is 10.8. The zero-order chi connectivity index (χ0) is 30.6. The topological polar surface area (TPSA) is 87.5 Å². The molecule has 0 aliphatic carbocycles. The Morgan fingerprint density at radius 3 is 2.28 bits per heavy atom. The minimum absolute atomic E-state index is 0.193. The van der Waals surface area contributed by atoms with Crippen molar-refractivity contribution in [3.63, 3.8) is 0 Å². The third-order valence-electron chi connectivity index (χ3n) is 7.43. The Morgan fingerprint density at radius 2 is 1.63 bits per heavy atom. The Morgan fingerprint density at radius 1 is 0.953 bits per heavy atom. The lowest BCUT2D eigenvalue weighted by molar-refractivity contribution is -0.141. The van der Waals surface area contributed by atoms with E-state index in [9.17, 15) is 22.8 Å². The standard InChI is InChI=1S/C33H33F3N4O3/c1-3-7-24-9-4-5-10-27(24)38-30(41)25-13-11-22(12-14-25)23-15-17-26(18-16-23)37-31(42)28-29(33(34,35)36)39-32(43-28)40-19-6-8-21(2)20-40/h4-5,9-18,21H,3,6-8,19-20H2,1-2H3,(H,37,42)(H,38,41). The van der Waals surface area contributed by atoms with E-state index >= 15 is 0 Å². The van der Waals surface area contributed by atoms with Gasteiger partial charge in [-0.15, -0.1) is 0 Å². The van der Waals surface area contributed by atoms with Crippen LogP contribution in [0.2, 0.25) is 0 Å². The Labute approximate surface area is 248 Å². The molecule has 2 heterocycles. The number of alkyl halides is 3. The third kappa shape index (κ3) is 7.07. The summed E-state index contributed by atoms with van der Waals surface area (Å²) in [5, 5.41) is 5.47. The number of aryl methyl sites for hydroxylation is 1. The Hall–Kier alpha value is -4.60. The number of nitrogens with zero attached hydrogens (tertiary/aromatic N) is 2. The van der Waals surface area contributed by atoms with Crippen LogP contribution in [0.15, 0.2) is 77.2 Å². The average Bonchev–Trinajstić information content (AvgIpc) is 3.46. The molecule has 1 aromatic heterocycles. The molecule has 4 aromatic rings. The summed E-state index contributed by atoms with van der Waals surface area (Å²) in [6.45, 7) is 5.13. The van der Waals surface area contributed by atoms with Crippen molar-refractivity contribution in [3.8, 4) is 11.1 Å². The van der Waals surface area contributed by atoms with E-state index in [-0.39, 0.29) is 17.8 Å². The van der Waals surface area contributed by atoms with Crippen LogP contribution in [0.4, 0.5) is 30.6 Å². The van der Waals surface area contributed by atoms with Crippen LogP contribution in [0, 0.1) is 5.92 Å². The molecule has 1 aliphatic heterocycles. The fraction of sp³-hybridized carbons (Fsp3) is 0.303. The van der Waals surface area contributed by atoms with Crippen molar-refractivity contribution in [1.82, 2.24) is 4.98 Å². The van der Waals surface area contributed by atoms with Gasteiger partial charge in [-0.05, 0) is 72.2 Å². The van der Waals surface area contributed by atoms with Gasteiger partial charge in [0.05, 0.1) is 0 Å². The molecule has 2 amide bonds. The molecule has 0 bridgehead atoms. The number of para-hydroxylation sites is 1. The first-order valence-corrected chi connectivity index (χ1v) is 14.4. The van der Waals surface area contributed by atoms with Crippen molar-refractivity contribution in [3.05, 3.63) is 95.4 Å². The fourth-order valence-electron chi connectivity index (χ4n) is 5.23. The molecule has 5 rings (SSSR count). The summed E-state index contributed by atoms with van der Waals surface area (Å²) in [5.74, 6) is -1.82. The van der Waals surface area contributed by atoms with Gasteiger partial charge in [0.2, 0.25) is 5.76 Å². The second kappa shape index (κ2) is 12.7. The SMILES string of the molecule is CCCc1ccccc1NC(=O)c1ccc(-c2ccc(NC(=O)c3oc(N4CCCC(C)C4)nc3C(F)(F)F)cc2)cc1. The van der Waals surface area contributed by atoms with E-state index in [0.29, 0.717) is 24.3 Å². The van der Waals surface area contributed by atoms with Gasteiger partial charge < -0.3 is 20.0 Å². The van der Waals surface area contributed by atoms with Crippen LogP contribution < -0.4 is 15.5 Å². The molecular weight excluding hydrogens is 557 g/mol. The Bertz CT molecular complexity index is 1580. The van der Waals surface area contributed by atoms with Crippen LogP contribution >= 0.6 is 0 Å². The van der Waals surface area contributed by atoms with Gasteiger partial charge in [-0.25, -0.2) is 0 Å². The van der Waals surface area contributed by atoms with Gasteiger partial charge in [-0.3, -0.25) is 9.59 Å². The van der Waals surface area contributed by atoms with Crippen molar-refractivity contribution in [2.75, 3.05) is 28.6 Å². The third-order valence-corrected chi connectivity index (χ3v) is 7.43. The first-order chi connectivity index (χ1) is 20.6. The molecule has 3 aromatic carbocycles. The normalized spacial score (nSPS) is 15.3. The van der Waals surface area contributed by atoms with Crippen LogP contribution in [-0.2, 0) is 12.6 Å². The number of benzene rings is 3. The first-order valence-electron chi connectivity index (χ1n) is 14.4. The lowest BCUT2D eigenvalue weighted by Gasteiger charge is -2.29. The van der Waals surface area contributed by atoms with E-state index in [1.165, 1.54) is 0 Å². The highest BCUT2D eigenvalue weighted by molar-refractivity contribution is 6.05. The fourth-order valence-corrected chi connectivity index (χ4v) is 5.23. The molecule has 0 spiro atoms. The molecule has 10 heteroatoms. The van der Waals surface area contributed by atoms with Crippen LogP contribution in [0.1, 0.15) is 65.3 Å². The minimum atomic E-state index is -4.85. The first kappa shape index (κ1) is 29.9. The molecule has 0 saturated carbocycles. The number of amides is 2. The monoisotopic (exact) mass is 590 g/mol. The number of hydrogen-bond donors (Lipinski definition) is 2. The molecule has 1 atom stereocenters. The molecule has 2 N–H and O–H groups in total. The Kier molecular flexibility index (Phi) is 8.84. The molecule has 224 valence electrons. The molecule has 7 nitrogen and oxygen atoms in total. The van der Waals surface area contributed by atoms with Crippen LogP contribution in [0.5, 0.6) is 0 Å².